The van der Waals surface area contributed by atoms with Gasteiger partial charge in [0.15, 0.2) is 0 Å². The molecule has 3 aliphatic carbocycles. The van der Waals surface area contributed by atoms with E-state index in [1.165, 1.54) is 93.9 Å². The van der Waals surface area contributed by atoms with Gasteiger partial charge in [0.05, 0.1) is 17.1 Å². The van der Waals surface area contributed by atoms with E-state index in [4.69, 9.17) is 0 Å². The lowest BCUT2D eigenvalue weighted by atomic mass is 9.79. The van der Waals surface area contributed by atoms with Crippen LogP contribution >= 0.6 is 0 Å². The lowest BCUT2D eigenvalue weighted by Crippen LogP contribution is -2.18. The second-order valence-electron chi connectivity index (χ2n) is 15.8. The highest BCUT2D eigenvalue weighted by molar-refractivity contribution is 6.22. The summed E-state index contributed by atoms with van der Waals surface area (Å²) in [6.07, 6.45) is 5.89. The molecule has 10 rings (SSSR count). The second-order valence-corrected chi connectivity index (χ2v) is 15.8. The van der Waals surface area contributed by atoms with Crippen molar-refractivity contribution in [2.75, 3.05) is 4.90 Å². The van der Waals surface area contributed by atoms with Crippen LogP contribution < -0.4 is 4.90 Å². The number of hydrogen-bond donors (Lipinski definition) is 0. The minimum atomic E-state index is -0.102. The number of anilines is 3. The van der Waals surface area contributed by atoms with E-state index in [-0.39, 0.29) is 10.8 Å². The third-order valence-electron chi connectivity index (χ3n) is 12.2. The fourth-order valence-corrected chi connectivity index (χ4v) is 9.73. The summed E-state index contributed by atoms with van der Waals surface area (Å²) in [6.45, 7) is 12.0. The average Bonchev–Trinajstić information content (AvgIpc) is 3.51. The van der Waals surface area contributed by atoms with E-state index in [1.807, 2.05) is 0 Å². The van der Waals surface area contributed by atoms with Crippen LogP contribution in [0.15, 0.2) is 145 Å². The van der Waals surface area contributed by atoms with Gasteiger partial charge in [0.25, 0.3) is 0 Å². The molecule has 1 heteroatoms. The van der Waals surface area contributed by atoms with E-state index in [1.54, 1.807) is 0 Å². The summed E-state index contributed by atoms with van der Waals surface area (Å²) in [5, 5.41) is 7.69. The van der Waals surface area contributed by atoms with Gasteiger partial charge in [-0.1, -0.05) is 156 Å². The van der Waals surface area contributed by atoms with Crippen molar-refractivity contribution in [1.82, 2.24) is 0 Å². The maximum atomic E-state index is 2.65. The highest BCUT2D eigenvalue weighted by Gasteiger charge is 2.42. The van der Waals surface area contributed by atoms with Crippen LogP contribution in [-0.4, -0.2) is 0 Å². The van der Waals surface area contributed by atoms with Gasteiger partial charge in [0.1, 0.15) is 0 Å². The number of rotatable bonds is 3. The number of benzene rings is 7. The first-order valence-corrected chi connectivity index (χ1v) is 18.2. The molecule has 0 heterocycles. The minimum absolute atomic E-state index is 0.0716. The first-order valence-electron chi connectivity index (χ1n) is 18.2. The molecule has 3 aliphatic rings. The van der Waals surface area contributed by atoms with Crippen molar-refractivity contribution < 1.29 is 0 Å². The number of nitrogens with zero attached hydrogens (tertiary/aromatic N) is 1. The van der Waals surface area contributed by atoms with E-state index in [9.17, 15) is 0 Å². The van der Waals surface area contributed by atoms with Crippen LogP contribution in [0.3, 0.4) is 0 Å². The molecule has 0 saturated carbocycles. The van der Waals surface area contributed by atoms with Crippen LogP contribution in [0, 0.1) is 5.92 Å². The van der Waals surface area contributed by atoms with Gasteiger partial charge in [-0.2, -0.15) is 0 Å². The van der Waals surface area contributed by atoms with Crippen molar-refractivity contribution in [2.24, 2.45) is 5.92 Å². The molecule has 0 saturated heterocycles. The van der Waals surface area contributed by atoms with Crippen molar-refractivity contribution in [2.45, 2.75) is 51.9 Å². The molecule has 0 fully saturated rings. The molecule has 0 N–H and O–H groups in total. The van der Waals surface area contributed by atoms with Crippen LogP contribution in [0.2, 0.25) is 0 Å². The van der Waals surface area contributed by atoms with Gasteiger partial charge in [-0.25, -0.2) is 0 Å². The van der Waals surface area contributed by atoms with Gasteiger partial charge in [0.2, 0.25) is 0 Å². The smallest absolute Gasteiger partial charge is 0.0547 e. The molecule has 0 aliphatic heterocycles. The fraction of sp³-hybridized carbons (Fsp3) is 0.184. The van der Waals surface area contributed by atoms with Crippen molar-refractivity contribution >= 4 is 55.0 Å². The highest BCUT2D eigenvalue weighted by atomic mass is 15.2. The fourth-order valence-electron chi connectivity index (χ4n) is 9.73. The molecule has 7 aromatic rings. The zero-order chi connectivity index (χ0) is 33.9. The highest BCUT2D eigenvalue weighted by Crippen LogP contribution is 2.59. The van der Waals surface area contributed by atoms with Crippen LogP contribution in [0.5, 0.6) is 0 Å². The maximum Gasteiger partial charge on any atom is 0.0547 e. The largest absolute Gasteiger partial charge is 0.309 e. The van der Waals surface area contributed by atoms with E-state index >= 15 is 0 Å². The topological polar surface area (TPSA) is 3.24 Å². The number of fused-ring (bicyclic) bond motifs is 10. The Morgan fingerprint density at radius 1 is 0.520 bits per heavy atom. The van der Waals surface area contributed by atoms with E-state index in [2.05, 4.69) is 179 Å². The van der Waals surface area contributed by atoms with Gasteiger partial charge in [-0.15, -0.1) is 0 Å². The van der Waals surface area contributed by atoms with Gasteiger partial charge in [-0.3, -0.25) is 0 Å². The first-order chi connectivity index (χ1) is 24.2. The van der Waals surface area contributed by atoms with Gasteiger partial charge >= 0.3 is 0 Å². The van der Waals surface area contributed by atoms with Crippen LogP contribution in [0.1, 0.15) is 63.3 Å². The Hall–Kier alpha value is -5.40. The molecule has 0 radical (unpaired) electrons. The molecule has 0 bridgehead atoms. The maximum absolute atomic E-state index is 2.65. The SMILES string of the molecule is CC1C=CC2=C(C1)c1c(N(c3cccc4c3-c3ccccc3C4(C)C)c3cc4c5ccccc5ccc4c4ccccc34)cccc1C2(C)C. The first kappa shape index (κ1) is 29.5. The van der Waals surface area contributed by atoms with Crippen LogP contribution in [-0.2, 0) is 10.8 Å². The summed E-state index contributed by atoms with van der Waals surface area (Å²) in [4.78, 5) is 2.65. The molecule has 7 aromatic carbocycles. The zero-order valence-electron chi connectivity index (χ0n) is 29.5. The minimum Gasteiger partial charge on any atom is -0.309 e. The molecule has 1 nitrogen and oxygen atoms in total. The van der Waals surface area contributed by atoms with E-state index in [0.29, 0.717) is 5.92 Å². The summed E-state index contributed by atoms with van der Waals surface area (Å²) in [5.41, 5.74) is 14.8. The molecule has 0 spiro atoms. The number of hydrogen-bond acceptors (Lipinski definition) is 1. The Balaban J connectivity index is 1.38. The number of allylic oxidation sites excluding steroid dienone is 4. The molecule has 1 unspecified atom stereocenters. The van der Waals surface area contributed by atoms with Crippen molar-refractivity contribution in [3.8, 4) is 11.1 Å². The van der Waals surface area contributed by atoms with Crippen LogP contribution in [0.4, 0.5) is 17.1 Å². The van der Waals surface area contributed by atoms with Crippen LogP contribution in [0.25, 0.3) is 49.0 Å². The summed E-state index contributed by atoms with van der Waals surface area (Å²) < 4.78 is 0. The summed E-state index contributed by atoms with van der Waals surface area (Å²) in [7, 11) is 0. The third kappa shape index (κ3) is 3.89. The Morgan fingerprint density at radius 3 is 1.94 bits per heavy atom. The summed E-state index contributed by atoms with van der Waals surface area (Å²) in [6, 6.07) is 48.1. The Morgan fingerprint density at radius 2 is 1.14 bits per heavy atom. The van der Waals surface area contributed by atoms with E-state index < -0.39 is 0 Å². The van der Waals surface area contributed by atoms with Crippen molar-refractivity contribution in [1.29, 1.82) is 0 Å². The van der Waals surface area contributed by atoms with Gasteiger partial charge < -0.3 is 4.90 Å². The molecule has 242 valence electrons. The van der Waals surface area contributed by atoms with Crippen molar-refractivity contribution in [3.63, 3.8) is 0 Å². The lowest BCUT2D eigenvalue weighted by molar-refractivity contribution is 0.643. The zero-order valence-corrected chi connectivity index (χ0v) is 29.5. The molecule has 50 heavy (non-hydrogen) atoms. The Labute approximate surface area is 295 Å². The third-order valence-corrected chi connectivity index (χ3v) is 12.2. The van der Waals surface area contributed by atoms with Gasteiger partial charge in [0, 0.05) is 27.3 Å². The normalized spacial score (nSPS) is 18.0. The summed E-state index contributed by atoms with van der Waals surface area (Å²) >= 11 is 0. The Kier molecular flexibility index (Phi) is 6.09. The molecular weight excluding hydrogens is 603 g/mol. The molecule has 0 amide bonds. The predicted molar refractivity (Wildman–Crippen MR) is 214 cm³/mol. The predicted octanol–water partition coefficient (Wildman–Crippen LogP) is 13.6. The summed E-state index contributed by atoms with van der Waals surface area (Å²) in [5.74, 6) is 0.499. The molecule has 1 atom stereocenters. The standard InChI is InChI=1S/C49H41N/c1-30-24-27-40-38(28-30)47-42(49(40,4)5)21-13-23-44(47)50(43-22-12-20-41-46(43)36-18-10-11-19-39(36)48(41,2)3)45-29-37-32-15-7-6-14-31(32)25-26-34(37)33-16-8-9-17-35(33)45/h6-27,29-30H,28H2,1-5H3. The van der Waals surface area contributed by atoms with Crippen molar-refractivity contribution in [3.05, 3.63) is 167 Å². The monoisotopic (exact) mass is 643 g/mol. The second kappa shape index (κ2) is 10.3. The average molecular weight is 644 g/mol. The molecule has 0 aromatic heterocycles. The van der Waals surface area contributed by atoms with E-state index in [0.717, 1.165) is 6.42 Å². The molecular formula is C49H41N. The van der Waals surface area contributed by atoms with Gasteiger partial charge in [-0.05, 0) is 90.9 Å². The Bertz CT molecular complexity index is 2650. The quantitative estimate of drug-likeness (QED) is 0.173. The lowest BCUT2D eigenvalue weighted by Gasteiger charge is -2.33.